The predicted octanol–water partition coefficient (Wildman–Crippen LogP) is -0.190. The molecule has 1 N–H and O–H groups in total. The van der Waals surface area contributed by atoms with Gasteiger partial charge in [0.05, 0.1) is 0 Å². The Labute approximate surface area is 36.5 Å². The molecule has 2 heteroatoms. The van der Waals surface area contributed by atoms with Crippen molar-refractivity contribution in [3.05, 3.63) is 6.92 Å². The number of hydrogen-bond donors (Lipinski definition) is 1. The summed E-state index contributed by atoms with van der Waals surface area (Å²) in [5.41, 5.74) is 0. The van der Waals surface area contributed by atoms with Gasteiger partial charge in [0.15, 0.2) is 0 Å². The maximum Gasteiger partial charge on any atom is 3.00 e. The molecule has 0 saturated heterocycles. The Kier molecular flexibility index (Phi) is 21.6. The summed E-state index contributed by atoms with van der Waals surface area (Å²) in [6.07, 6.45) is 0. The third kappa shape index (κ3) is 23.6. The van der Waals surface area contributed by atoms with Gasteiger partial charge in [-0.2, -0.15) is 0 Å². The molecule has 0 fully saturated rings. The normalized spacial score (nSPS) is 4.50. The van der Waals surface area contributed by atoms with Crippen molar-refractivity contribution in [2.24, 2.45) is 0 Å². The van der Waals surface area contributed by atoms with Crippen molar-refractivity contribution < 1.29 is 22.2 Å². The Morgan fingerprint density at radius 2 is 1.75 bits per heavy atom. The minimum atomic E-state index is 0. The van der Waals surface area contributed by atoms with E-state index in [1.165, 1.54) is 0 Å². The van der Waals surface area contributed by atoms with Crippen molar-refractivity contribution in [2.45, 2.75) is 0 Å². The molecule has 0 aliphatic carbocycles. The molecule has 0 aromatic carbocycles. The Morgan fingerprint density at radius 3 is 1.75 bits per heavy atom. The minimum absolute atomic E-state index is 0. The first-order valence-electron chi connectivity index (χ1n) is 0.816. The maximum absolute atomic E-state index is 7.46. The molecule has 0 rings (SSSR count). The summed E-state index contributed by atoms with van der Waals surface area (Å²) in [4.78, 5) is 0. The molecule has 0 heterocycles. The van der Waals surface area contributed by atoms with Gasteiger partial charge in [0.2, 0.25) is 0 Å². The summed E-state index contributed by atoms with van der Waals surface area (Å²) in [6, 6.07) is 0. The zero-order valence-corrected chi connectivity index (χ0v) is 3.32. The van der Waals surface area contributed by atoms with Crippen molar-refractivity contribution in [3.8, 4) is 0 Å². The van der Waals surface area contributed by atoms with Gasteiger partial charge in [-0.05, 0) is 0 Å². The smallest absolute Gasteiger partial charge is 0.428 e. The van der Waals surface area contributed by atoms with Gasteiger partial charge in [-0.1, -0.05) is 6.61 Å². The monoisotopic (exact) mass is 101 g/mol. The molecule has 0 bridgehead atoms. The SMILES string of the molecule is [CH2-]CO.[Fe+3]. The first-order chi connectivity index (χ1) is 1.41. The Balaban J connectivity index is 0. The number of aliphatic hydroxyl groups excluding tert-OH is 1. The maximum atomic E-state index is 7.46. The second-order valence-corrected chi connectivity index (χ2v) is 0.224. The molecule has 1 radical (unpaired) electrons. The van der Waals surface area contributed by atoms with Gasteiger partial charge in [-0.25, -0.2) is 0 Å². The minimum Gasteiger partial charge on any atom is -0.428 e. The molecular formula is C2H5FeO+2. The van der Waals surface area contributed by atoms with Crippen LogP contribution >= 0.6 is 0 Å². The van der Waals surface area contributed by atoms with Crippen LogP contribution in [-0.2, 0) is 17.1 Å². The second-order valence-electron chi connectivity index (χ2n) is 0.224. The quantitative estimate of drug-likeness (QED) is 0.331. The molecule has 0 spiro atoms. The van der Waals surface area contributed by atoms with E-state index in [-0.39, 0.29) is 23.7 Å². The van der Waals surface area contributed by atoms with Crippen LogP contribution in [0, 0.1) is 6.92 Å². The van der Waals surface area contributed by atoms with E-state index in [0.717, 1.165) is 0 Å². The summed E-state index contributed by atoms with van der Waals surface area (Å²) in [7, 11) is 0. The van der Waals surface area contributed by atoms with Crippen LogP contribution < -0.4 is 0 Å². The van der Waals surface area contributed by atoms with E-state index >= 15 is 0 Å². The number of aliphatic hydroxyl groups is 1. The van der Waals surface area contributed by atoms with Crippen LogP contribution in [-0.4, -0.2) is 11.7 Å². The first-order valence-corrected chi connectivity index (χ1v) is 0.816. The van der Waals surface area contributed by atoms with Crippen LogP contribution in [0.4, 0.5) is 0 Å². The molecular weight excluding hydrogens is 95.9 g/mol. The molecule has 0 atom stereocenters. The van der Waals surface area contributed by atoms with E-state index in [0.29, 0.717) is 0 Å². The molecule has 4 heavy (non-hydrogen) atoms. The van der Waals surface area contributed by atoms with Gasteiger partial charge in [0.25, 0.3) is 0 Å². The van der Waals surface area contributed by atoms with Gasteiger partial charge >= 0.3 is 17.1 Å². The van der Waals surface area contributed by atoms with Crippen LogP contribution in [0.25, 0.3) is 0 Å². The average molecular weight is 101 g/mol. The molecule has 0 saturated carbocycles. The summed E-state index contributed by atoms with van der Waals surface area (Å²) in [5, 5.41) is 7.46. The topological polar surface area (TPSA) is 20.2 Å². The number of rotatable bonds is 0. The van der Waals surface area contributed by atoms with Crippen LogP contribution in [0.15, 0.2) is 0 Å². The molecule has 0 aliphatic rings. The fourth-order valence-electron chi connectivity index (χ4n) is 0. The summed E-state index contributed by atoms with van der Waals surface area (Å²) in [6.45, 7) is 3.04. The third-order valence-electron chi connectivity index (χ3n) is 0. The zero-order chi connectivity index (χ0) is 2.71. The van der Waals surface area contributed by atoms with Gasteiger partial charge < -0.3 is 12.0 Å². The summed E-state index contributed by atoms with van der Waals surface area (Å²) >= 11 is 0. The second kappa shape index (κ2) is 9.77. The molecule has 0 aromatic rings. The fraction of sp³-hybridized carbons (Fsp3) is 0.500. The van der Waals surface area contributed by atoms with Crippen LogP contribution in [0.2, 0.25) is 0 Å². The van der Waals surface area contributed by atoms with Gasteiger partial charge in [-0.3, -0.25) is 0 Å². The largest absolute Gasteiger partial charge is 3.00 e. The Hall–Kier alpha value is 0.479. The van der Waals surface area contributed by atoms with Crippen molar-refractivity contribution in [2.75, 3.05) is 6.61 Å². The summed E-state index contributed by atoms with van der Waals surface area (Å²) in [5.74, 6) is 0. The molecule has 25 valence electrons. The van der Waals surface area contributed by atoms with E-state index in [2.05, 4.69) is 6.92 Å². The van der Waals surface area contributed by atoms with E-state index in [4.69, 9.17) is 5.11 Å². The molecule has 0 unspecified atom stereocenters. The zero-order valence-electron chi connectivity index (χ0n) is 2.21. The van der Waals surface area contributed by atoms with Crippen molar-refractivity contribution >= 4 is 0 Å². The third-order valence-corrected chi connectivity index (χ3v) is 0. The van der Waals surface area contributed by atoms with Gasteiger partial charge in [0, 0.05) is 0 Å². The standard InChI is InChI=1S/C2H5O.Fe/c1-2-3;/h3H,1-2H2;/q-1;+3. The van der Waals surface area contributed by atoms with E-state index < -0.39 is 0 Å². The van der Waals surface area contributed by atoms with Crippen molar-refractivity contribution in [1.82, 2.24) is 0 Å². The molecule has 0 aromatic heterocycles. The summed E-state index contributed by atoms with van der Waals surface area (Å²) < 4.78 is 0. The van der Waals surface area contributed by atoms with E-state index in [9.17, 15) is 0 Å². The van der Waals surface area contributed by atoms with Gasteiger partial charge in [0.1, 0.15) is 0 Å². The number of hydrogen-bond acceptors (Lipinski definition) is 1. The van der Waals surface area contributed by atoms with E-state index in [1.807, 2.05) is 0 Å². The van der Waals surface area contributed by atoms with Crippen LogP contribution in [0.1, 0.15) is 0 Å². The molecule has 0 amide bonds. The van der Waals surface area contributed by atoms with Crippen LogP contribution in [0.3, 0.4) is 0 Å². The first kappa shape index (κ1) is 8.82. The Bertz CT molecular complexity index is 6.00. The van der Waals surface area contributed by atoms with Crippen LogP contribution in [0.5, 0.6) is 0 Å². The van der Waals surface area contributed by atoms with Crippen molar-refractivity contribution in [3.63, 3.8) is 0 Å². The Morgan fingerprint density at radius 1 is 1.75 bits per heavy atom. The van der Waals surface area contributed by atoms with E-state index in [1.54, 1.807) is 0 Å². The average Bonchev–Trinajstić information content (AvgIpc) is 0.918. The van der Waals surface area contributed by atoms with Gasteiger partial charge in [-0.15, -0.1) is 0 Å². The fourth-order valence-corrected chi connectivity index (χ4v) is 0. The predicted molar refractivity (Wildman–Crippen MR) is 12.4 cm³/mol. The molecule has 0 aliphatic heterocycles. The van der Waals surface area contributed by atoms with Crippen molar-refractivity contribution in [1.29, 1.82) is 0 Å². The molecule has 1 nitrogen and oxygen atoms in total.